The van der Waals surface area contributed by atoms with Gasteiger partial charge < -0.3 is 4.74 Å². The van der Waals surface area contributed by atoms with Crippen LogP contribution in [0.5, 0.6) is 0 Å². The van der Waals surface area contributed by atoms with E-state index in [1.807, 2.05) is 0 Å². The minimum Gasteiger partial charge on any atom is -0.465 e. The number of benzene rings is 1. The van der Waals surface area contributed by atoms with E-state index in [4.69, 9.17) is 0 Å². The van der Waals surface area contributed by atoms with Crippen molar-refractivity contribution in [3.63, 3.8) is 0 Å². The number of rotatable bonds is 3. The monoisotopic (exact) mass is 289 g/mol. The van der Waals surface area contributed by atoms with Gasteiger partial charge in [0.05, 0.1) is 17.6 Å². The molecule has 0 atom stereocenters. The molecule has 1 N–H and O–H groups in total. The number of sulfonamides is 1. The number of esters is 1. The standard InChI is InChI=1S/C12H16FNO4S/c1-12(2,3)14-19(16,17)8-5-6-9(10(13)7-8)11(15)18-4/h5-7,14H,1-4H3. The molecule has 5 nitrogen and oxygen atoms in total. The van der Waals surface area contributed by atoms with Crippen LogP contribution in [0.1, 0.15) is 31.1 Å². The zero-order chi connectivity index (χ0) is 14.8. The number of carbonyl (C=O) groups excluding carboxylic acids is 1. The van der Waals surface area contributed by atoms with Gasteiger partial charge in [0.25, 0.3) is 0 Å². The quantitative estimate of drug-likeness (QED) is 0.859. The van der Waals surface area contributed by atoms with Gasteiger partial charge in [0.2, 0.25) is 10.0 Å². The molecule has 0 saturated carbocycles. The van der Waals surface area contributed by atoms with Gasteiger partial charge in [-0.2, -0.15) is 0 Å². The second-order valence-corrected chi connectivity index (χ2v) is 6.67. The van der Waals surface area contributed by atoms with Crippen molar-refractivity contribution in [1.29, 1.82) is 0 Å². The van der Waals surface area contributed by atoms with E-state index in [0.717, 1.165) is 25.3 Å². The highest BCUT2D eigenvalue weighted by Crippen LogP contribution is 2.17. The third kappa shape index (κ3) is 4.00. The Hall–Kier alpha value is -1.47. The first-order valence-corrected chi connectivity index (χ1v) is 6.97. The number of ether oxygens (including phenoxy) is 1. The maximum Gasteiger partial charge on any atom is 0.340 e. The fraction of sp³-hybridized carbons (Fsp3) is 0.417. The Morgan fingerprint density at radius 1 is 1.32 bits per heavy atom. The van der Waals surface area contributed by atoms with Crippen molar-refractivity contribution in [2.24, 2.45) is 0 Å². The summed E-state index contributed by atoms with van der Waals surface area (Å²) < 4.78 is 44.3. The van der Waals surface area contributed by atoms with E-state index in [0.29, 0.717) is 0 Å². The van der Waals surface area contributed by atoms with E-state index in [1.165, 1.54) is 0 Å². The molecule has 7 heteroatoms. The molecule has 1 aromatic rings. The van der Waals surface area contributed by atoms with Gasteiger partial charge in [-0.3, -0.25) is 0 Å². The van der Waals surface area contributed by atoms with Crippen molar-refractivity contribution >= 4 is 16.0 Å². The summed E-state index contributed by atoms with van der Waals surface area (Å²) in [6.45, 7) is 5.01. The second kappa shape index (κ2) is 5.26. The SMILES string of the molecule is COC(=O)c1ccc(S(=O)(=O)NC(C)(C)C)cc1F. The van der Waals surface area contributed by atoms with Gasteiger partial charge in [0, 0.05) is 5.54 Å². The summed E-state index contributed by atoms with van der Waals surface area (Å²) in [5, 5.41) is 0. The molecule has 0 spiro atoms. The second-order valence-electron chi connectivity index (χ2n) is 4.99. The number of carbonyl (C=O) groups is 1. The lowest BCUT2D eigenvalue weighted by atomic mass is 10.1. The molecule has 0 unspecified atom stereocenters. The van der Waals surface area contributed by atoms with Crippen molar-refractivity contribution in [2.45, 2.75) is 31.2 Å². The first kappa shape index (κ1) is 15.6. The molecule has 0 aromatic heterocycles. The van der Waals surface area contributed by atoms with Crippen LogP contribution < -0.4 is 4.72 Å². The van der Waals surface area contributed by atoms with Crippen molar-refractivity contribution in [3.05, 3.63) is 29.6 Å². The molecule has 0 aliphatic heterocycles. The fourth-order valence-electron chi connectivity index (χ4n) is 1.40. The van der Waals surface area contributed by atoms with Crippen LogP contribution in [0.2, 0.25) is 0 Å². The van der Waals surface area contributed by atoms with Gasteiger partial charge in [-0.05, 0) is 39.0 Å². The maximum absolute atomic E-state index is 13.7. The molecule has 19 heavy (non-hydrogen) atoms. The lowest BCUT2D eigenvalue weighted by molar-refractivity contribution is 0.0595. The van der Waals surface area contributed by atoms with E-state index >= 15 is 0 Å². The molecular weight excluding hydrogens is 273 g/mol. The molecule has 0 saturated heterocycles. The summed E-state index contributed by atoms with van der Waals surface area (Å²) in [7, 11) is -2.71. The van der Waals surface area contributed by atoms with E-state index in [9.17, 15) is 17.6 Å². The molecule has 0 bridgehead atoms. The van der Waals surface area contributed by atoms with Gasteiger partial charge in [0.15, 0.2) is 0 Å². The Labute approximate surface area is 111 Å². The topological polar surface area (TPSA) is 72.5 Å². The summed E-state index contributed by atoms with van der Waals surface area (Å²) in [6, 6.07) is 3.03. The number of hydrogen-bond donors (Lipinski definition) is 1. The molecule has 0 aliphatic carbocycles. The Balaban J connectivity index is 3.18. The molecule has 0 amide bonds. The summed E-state index contributed by atoms with van der Waals surface area (Å²) in [6.07, 6.45) is 0. The lowest BCUT2D eigenvalue weighted by Gasteiger charge is -2.20. The number of halogens is 1. The molecule has 0 heterocycles. The van der Waals surface area contributed by atoms with E-state index in [-0.39, 0.29) is 10.5 Å². The maximum atomic E-state index is 13.7. The highest BCUT2D eigenvalue weighted by Gasteiger charge is 2.23. The zero-order valence-corrected chi connectivity index (χ0v) is 12.0. The summed E-state index contributed by atoms with van der Waals surface area (Å²) >= 11 is 0. The Morgan fingerprint density at radius 2 is 1.89 bits per heavy atom. The van der Waals surface area contributed by atoms with E-state index < -0.39 is 27.3 Å². The van der Waals surface area contributed by atoms with Gasteiger partial charge in [-0.1, -0.05) is 0 Å². The van der Waals surface area contributed by atoms with Crippen LogP contribution in [0.3, 0.4) is 0 Å². The molecule has 0 radical (unpaired) electrons. The van der Waals surface area contributed by atoms with Crippen LogP contribution in [0, 0.1) is 5.82 Å². The predicted molar refractivity (Wildman–Crippen MR) is 67.8 cm³/mol. The highest BCUT2D eigenvalue weighted by atomic mass is 32.2. The average Bonchev–Trinajstić information content (AvgIpc) is 2.24. The third-order valence-electron chi connectivity index (χ3n) is 2.10. The smallest absolute Gasteiger partial charge is 0.340 e. The molecule has 0 fully saturated rings. The first-order chi connectivity index (χ1) is 8.57. The van der Waals surface area contributed by atoms with Crippen molar-refractivity contribution in [3.8, 4) is 0 Å². The highest BCUT2D eigenvalue weighted by molar-refractivity contribution is 7.89. The number of methoxy groups -OCH3 is 1. The summed E-state index contributed by atoms with van der Waals surface area (Å²) in [4.78, 5) is 11.0. The molecular formula is C12H16FNO4S. The molecule has 0 aliphatic rings. The van der Waals surface area contributed by atoms with E-state index in [1.54, 1.807) is 20.8 Å². The molecule has 1 rings (SSSR count). The molecule has 106 valence electrons. The van der Waals surface area contributed by atoms with Gasteiger partial charge in [-0.15, -0.1) is 0 Å². The van der Waals surface area contributed by atoms with Gasteiger partial charge in [-0.25, -0.2) is 22.3 Å². The zero-order valence-electron chi connectivity index (χ0n) is 11.2. The van der Waals surface area contributed by atoms with Gasteiger partial charge in [0.1, 0.15) is 5.82 Å². The Bertz CT molecular complexity index is 590. The largest absolute Gasteiger partial charge is 0.465 e. The first-order valence-electron chi connectivity index (χ1n) is 5.49. The fourth-order valence-corrected chi connectivity index (χ4v) is 2.83. The van der Waals surface area contributed by atoms with Gasteiger partial charge >= 0.3 is 5.97 Å². The van der Waals surface area contributed by atoms with Crippen LogP contribution in [0.15, 0.2) is 23.1 Å². The average molecular weight is 289 g/mol. The predicted octanol–water partition coefficient (Wildman–Crippen LogP) is 1.69. The normalized spacial score (nSPS) is 12.3. The Kier molecular flexibility index (Phi) is 4.32. The number of nitrogens with one attached hydrogen (secondary N) is 1. The van der Waals surface area contributed by atoms with Crippen LogP contribution in [-0.2, 0) is 14.8 Å². The van der Waals surface area contributed by atoms with Crippen LogP contribution in [-0.4, -0.2) is 27.0 Å². The summed E-state index contributed by atoms with van der Waals surface area (Å²) in [5.74, 6) is -1.80. The lowest BCUT2D eigenvalue weighted by Crippen LogP contribution is -2.40. The Morgan fingerprint density at radius 3 is 2.32 bits per heavy atom. The van der Waals surface area contributed by atoms with Crippen molar-refractivity contribution in [1.82, 2.24) is 4.72 Å². The van der Waals surface area contributed by atoms with Crippen LogP contribution in [0.25, 0.3) is 0 Å². The van der Waals surface area contributed by atoms with Crippen LogP contribution >= 0.6 is 0 Å². The van der Waals surface area contributed by atoms with Crippen molar-refractivity contribution in [2.75, 3.05) is 7.11 Å². The molecule has 1 aromatic carbocycles. The van der Waals surface area contributed by atoms with Crippen LogP contribution in [0.4, 0.5) is 4.39 Å². The van der Waals surface area contributed by atoms with E-state index in [2.05, 4.69) is 9.46 Å². The number of hydrogen-bond acceptors (Lipinski definition) is 4. The third-order valence-corrected chi connectivity index (χ3v) is 3.85. The minimum absolute atomic E-state index is 0.243. The van der Waals surface area contributed by atoms with Crippen molar-refractivity contribution < 1.29 is 22.3 Å². The minimum atomic E-state index is -3.83. The summed E-state index contributed by atoms with van der Waals surface area (Å²) in [5.41, 5.74) is -0.992.